The van der Waals surface area contributed by atoms with E-state index in [0.717, 1.165) is 42.8 Å². The second-order valence-electron chi connectivity index (χ2n) is 9.06. The number of halogens is 1. The van der Waals surface area contributed by atoms with Crippen LogP contribution in [0.3, 0.4) is 0 Å². The summed E-state index contributed by atoms with van der Waals surface area (Å²) in [7, 11) is 3.59. The van der Waals surface area contributed by atoms with Gasteiger partial charge >= 0.3 is 0 Å². The number of hydrogen-bond donors (Lipinski definition) is 1. The van der Waals surface area contributed by atoms with Crippen LogP contribution in [0.1, 0.15) is 5.56 Å². The summed E-state index contributed by atoms with van der Waals surface area (Å²) >= 11 is 0. The smallest absolute Gasteiger partial charge is 0.226 e. The van der Waals surface area contributed by atoms with Gasteiger partial charge in [-0.25, -0.2) is 29.3 Å². The zero-order valence-corrected chi connectivity index (χ0v) is 21.2. The van der Waals surface area contributed by atoms with Crippen LogP contribution in [0.25, 0.3) is 22.1 Å². The van der Waals surface area contributed by atoms with Crippen LogP contribution in [0.15, 0.2) is 49.2 Å². The Morgan fingerprint density at radius 1 is 0.974 bits per heavy atom. The van der Waals surface area contributed by atoms with Crippen molar-refractivity contribution < 1.29 is 14.0 Å². The van der Waals surface area contributed by atoms with Gasteiger partial charge in [-0.1, -0.05) is 0 Å². The van der Waals surface area contributed by atoms with Crippen molar-refractivity contribution in [3.05, 3.63) is 60.6 Å². The number of fused-ring (bicyclic) bond motifs is 2. The first-order valence-electron chi connectivity index (χ1n) is 12.2. The average Bonchev–Trinajstić information content (AvgIpc) is 3.31. The number of rotatable bonds is 6. The molecule has 2 aromatic carbocycles. The third kappa shape index (κ3) is 4.55. The maximum Gasteiger partial charge on any atom is 0.226 e. The number of hydroxylamine groups is 2. The van der Waals surface area contributed by atoms with Gasteiger partial charge in [-0.15, -0.1) is 0 Å². The molecule has 3 aromatic heterocycles. The van der Waals surface area contributed by atoms with Gasteiger partial charge in [-0.3, -0.25) is 0 Å². The number of aryl methyl sites for hydroxylation is 2. The molecule has 0 bridgehead atoms. The van der Waals surface area contributed by atoms with E-state index in [1.165, 1.54) is 12.4 Å². The molecular formula is C26H26FN9O2. The lowest BCUT2D eigenvalue weighted by molar-refractivity contribution is -0.133. The largest absolute Gasteiger partial charge is 0.457 e. The molecule has 0 aliphatic carbocycles. The third-order valence-electron chi connectivity index (χ3n) is 6.59. The van der Waals surface area contributed by atoms with E-state index in [4.69, 9.17) is 14.6 Å². The summed E-state index contributed by atoms with van der Waals surface area (Å²) in [5.41, 5.74) is 3.86. The topological polar surface area (TPSA) is 106 Å². The minimum absolute atomic E-state index is 0.254. The molecule has 38 heavy (non-hydrogen) atoms. The minimum Gasteiger partial charge on any atom is -0.457 e. The quantitative estimate of drug-likeness (QED) is 0.357. The van der Waals surface area contributed by atoms with Crippen LogP contribution in [0.5, 0.6) is 11.5 Å². The number of nitrogens with zero attached hydrogens (tertiary/aromatic N) is 8. The molecule has 1 N–H and O–H groups in total. The Balaban J connectivity index is 1.26. The lowest BCUT2D eigenvalue weighted by Gasteiger charge is -2.33. The van der Waals surface area contributed by atoms with Gasteiger partial charge in [-0.05, 0) is 30.7 Å². The van der Waals surface area contributed by atoms with Crippen LogP contribution < -0.4 is 15.0 Å². The van der Waals surface area contributed by atoms with Crippen molar-refractivity contribution in [2.45, 2.75) is 6.92 Å². The molecule has 0 radical (unpaired) electrons. The number of imidazole rings is 1. The maximum absolute atomic E-state index is 15.3. The molecule has 12 heteroatoms. The Kier molecular flexibility index (Phi) is 6.18. The molecule has 0 unspecified atom stereocenters. The number of ether oxygens (including phenoxy) is 1. The van der Waals surface area contributed by atoms with Crippen molar-refractivity contribution in [1.29, 1.82) is 0 Å². The monoisotopic (exact) mass is 515 g/mol. The van der Waals surface area contributed by atoms with Crippen molar-refractivity contribution >= 4 is 39.5 Å². The fourth-order valence-corrected chi connectivity index (χ4v) is 4.46. The number of benzene rings is 2. The molecular weight excluding hydrogens is 489 g/mol. The second kappa shape index (κ2) is 9.80. The van der Waals surface area contributed by atoms with E-state index < -0.39 is 5.82 Å². The number of anilines is 3. The number of aromatic nitrogens is 6. The van der Waals surface area contributed by atoms with E-state index >= 15 is 4.39 Å². The predicted molar refractivity (Wildman–Crippen MR) is 141 cm³/mol. The van der Waals surface area contributed by atoms with E-state index in [9.17, 15) is 0 Å². The zero-order valence-electron chi connectivity index (χ0n) is 21.2. The minimum atomic E-state index is -0.485. The Morgan fingerprint density at radius 2 is 1.82 bits per heavy atom. The van der Waals surface area contributed by atoms with Gasteiger partial charge in [0.15, 0.2) is 5.82 Å². The molecule has 0 atom stereocenters. The molecule has 4 heterocycles. The van der Waals surface area contributed by atoms with Gasteiger partial charge in [0.1, 0.15) is 34.7 Å². The number of nitrogens with one attached hydrogen (secondary N) is 1. The number of hydrogen-bond acceptors (Lipinski definition) is 10. The van der Waals surface area contributed by atoms with Crippen LogP contribution in [0.2, 0.25) is 0 Å². The first-order valence-corrected chi connectivity index (χ1v) is 12.2. The van der Waals surface area contributed by atoms with Crippen LogP contribution in [0.4, 0.5) is 21.8 Å². The van der Waals surface area contributed by atoms with Gasteiger partial charge < -0.3 is 24.4 Å². The molecule has 6 rings (SSSR count). The molecule has 1 aliphatic heterocycles. The summed E-state index contributed by atoms with van der Waals surface area (Å²) in [5.74, 6) is 1.46. The Labute approximate surface area is 217 Å². The normalized spacial score (nSPS) is 14.4. The number of piperazine rings is 1. The van der Waals surface area contributed by atoms with Gasteiger partial charge in [0, 0.05) is 45.4 Å². The average molecular weight is 516 g/mol. The molecule has 1 fully saturated rings. The first kappa shape index (κ1) is 23.9. The van der Waals surface area contributed by atoms with Crippen LogP contribution in [-0.2, 0) is 11.9 Å². The molecule has 0 amide bonds. The van der Waals surface area contributed by atoms with E-state index in [2.05, 4.69) is 30.2 Å². The fourth-order valence-electron chi connectivity index (χ4n) is 4.46. The van der Waals surface area contributed by atoms with Crippen molar-refractivity contribution in [2.75, 3.05) is 43.5 Å². The molecule has 1 aliphatic rings. The standard InChI is InChI=1S/C26H26FN9O2/c1-16-10-19(18(27)12-23(16)38-17-4-5-22-20(11-17)31-15-34(22)2)32-25-24-21(29-14-30-25)13-28-26(33-24)35-6-8-36(37-3)9-7-35/h4-5,10-15H,6-9H2,1-3H3,(H,29,30,32). The fraction of sp³-hybridized carbons (Fsp3) is 0.269. The molecule has 11 nitrogen and oxygen atoms in total. The Bertz CT molecular complexity index is 1630. The van der Waals surface area contributed by atoms with Crippen LogP contribution in [-0.4, -0.2) is 67.8 Å². The summed E-state index contributed by atoms with van der Waals surface area (Å²) in [4.78, 5) is 29.5. The highest BCUT2D eigenvalue weighted by molar-refractivity contribution is 5.87. The summed E-state index contributed by atoms with van der Waals surface area (Å²) in [6.45, 7) is 4.78. The van der Waals surface area contributed by atoms with E-state index in [1.807, 2.05) is 41.8 Å². The van der Waals surface area contributed by atoms with Gasteiger partial charge in [-0.2, -0.15) is 5.06 Å². The predicted octanol–water partition coefficient (Wildman–Crippen LogP) is 3.97. The SMILES string of the molecule is CON1CCN(c2ncc3ncnc(Nc4cc(C)c(Oc5ccc6c(c5)ncn6C)cc4F)c3n2)CC1. The van der Waals surface area contributed by atoms with Crippen molar-refractivity contribution in [2.24, 2.45) is 7.05 Å². The summed E-state index contributed by atoms with van der Waals surface area (Å²) in [5, 5.41) is 4.98. The molecule has 194 valence electrons. The molecule has 0 saturated carbocycles. The van der Waals surface area contributed by atoms with Crippen molar-refractivity contribution in [3.63, 3.8) is 0 Å². The van der Waals surface area contributed by atoms with Gasteiger partial charge in [0.2, 0.25) is 5.95 Å². The molecule has 5 aromatic rings. The molecule has 0 spiro atoms. The molecule has 1 saturated heterocycles. The van der Waals surface area contributed by atoms with Crippen LogP contribution in [0, 0.1) is 12.7 Å². The van der Waals surface area contributed by atoms with E-state index in [-0.39, 0.29) is 5.69 Å². The maximum atomic E-state index is 15.3. The van der Waals surface area contributed by atoms with Gasteiger partial charge in [0.05, 0.1) is 36.4 Å². The Morgan fingerprint density at radius 3 is 2.63 bits per heavy atom. The van der Waals surface area contributed by atoms with E-state index in [0.29, 0.717) is 34.3 Å². The summed E-state index contributed by atoms with van der Waals surface area (Å²) < 4.78 is 23.2. The van der Waals surface area contributed by atoms with Crippen molar-refractivity contribution in [3.8, 4) is 11.5 Å². The highest BCUT2D eigenvalue weighted by Gasteiger charge is 2.20. The van der Waals surface area contributed by atoms with Crippen molar-refractivity contribution in [1.82, 2.24) is 34.6 Å². The third-order valence-corrected chi connectivity index (χ3v) is 6.59. The second-order valence-corrected chi connectivity index (χ2v) is 9.06. The first-order chi connectivity index (χ1) is 18.5. The Hall–Kier alpha value is -4.42. The van der Waals surface area contributed by atoms with Crippen LogP contribution >= 0.6 is 0 Å². The zero-order chi connectivity index (χ0) is 26.2. The van der Waals surface area contributed by atoms with E-state index in [1.54, 1.807) is 25.7 Å². The highest BCUT2D eigenvalue weighted by atomic mass is 19.1. The summed E-state index contributed by atoms with van der Waals surface area (Å²) in [6.07, 6.45) is 4.80. The lowest BCUT2D eigenvalue weighted by Crippen LogP contribution is -2.46. The highest BCUT2D eigenvalue weighted by Crippen LogP contribution is 2.33. The summed E-state index contributed by atoms with van der Waals surface area (Å²) in [6, 6.07) is 8.64. The lowest BCUT2D eigenvalue weighted by atomic mass is 10.2. The van der Waals surface area contributed by atoms with Gasteiger partial charge in [0.25, 0.3) is 0 Å².